The van der Waals surface area contributed by atoms with E-state index in [0.717, 1.165) is 24.4 Å². The van der Waals surface area contributed by atoms with Gasteiger partial charge >= 0.3 is 6.09 Å². The van der Waals surface area contributed by atoms with Crippen LogP contribution in [-0.2, 0) is 15.9 Å². The molecule has 7 heteroatoms. The number of carbonyl (C=O) groups is 1. The van der Waals surface area contributed by atoms with E-state index < -0.39 is 11.7 Å². The molecule has 22 heavy (non-hydrogen) atoms. The normalized spacial score (nSPS) is 11.1. The second-order valence-electron chi connectivity index (χ2n) is 5.85. The molecule has 1 rings (SSSR count). The van der Waals surface area contributed by atoms with Crippen LogP contribution in [0.1, 0.15) is 32.9 Å². The number of carbonyl (C=O) groups excluding carboxylic acids is 1. The molecule has 0 saturated heterocycles. The summed E-state index contributed by atoms with van der Waals surface area (Å²) < 4.78 is 10.2. The molecule has 7 nitrogen and oxygen atoms in total. The number of amides is 1. The molecule has 0 aliphatic rings. The summed E-state index contributed by atoms with van der Waals surface area (Å²) in [7, 11) is 1.66. The van der Waals surface area contributed by atoms with E-state index in [-0.39, 0.29) is 0 Å². The Morgan fingerprint density at radius 2 is 2.05 bits per heavy atom. The number of hydrogen-bond acceptors (Lipinski definition) is 6. The Labute approximate surface area is 131 Å². The van der Waals surface area contributed by atoms with Gasteiger partial charge in [0.05, 0.1) is 6.61 Å². The lowest BCUT2D eigenvalue weighted by Crippen LogP contribution is -2.33. The van der Waals surface area contributed by atoms with Crippen molar-refractivity contribution in [3.8, 4) is 0 Å². The molecule has 0 bridgehead atoms. The zero-order valence-electron chi connectivity index (χ0n) is 13.8. The maximum atomic E-state index is 11.5. The van der Waals surface area contributed by atoms with Crippen molar-refractivity contribution in [1.82, 2.24) is 15.3 Å². The predicted molar refractivity (Wildman–Crippen MR) is 85.0 cm³/mol. The molecule has 1 aromatic heterocycles. The highest BCUT2D eigenvalue weighted by atomic mass is 16.6. The largest absolute Gasteiger partial charge is 0.444 e. The van der Waals surface area contributed by atoms with Crippen LogP contribution in [0.5, 0.6) is 0 Å². The van der Waals surface area contributed by atoms with E-state index in [9.17, 15) is 4.79 Å². The first-order chi connectivity index (χ1) is 10.4. The molecule has 0 fully saturated rings. The monoisotopic (exact) mass is 310 g/mol. The third kappa shape index (κ3) is 8.41. The molecule has 0 unspecified atom stereocenters. The highest BCUT2D eigenvalue weighted by Crippen LogP contribution is 2.06. The van der Waals surface area contributed by atoms with E-state index in [4.69, 9.17) is 9.47 Å². The highest BCUT2D eigenvalue weighted by Gasteiger charge is 2.15. The van der Waals surface area contributed by atoms with E-state index in [0.29, 0.717) is 19.7 Å². The number of aromatic nitrogens is 2. The summed E-state index contributed by atoms with van der Waals surface area (Å²) in [6.07, 6.45) is 2.67. The van der Waals surface area contributed by atoms with Gasteiger partial charge in [-0.15, -0.1) is 0 Å². The smallest absolute Gasteiger partial charge is 0.407 e. The Bertz CT molecular complexity index is 460. The third-order valence-corrected chi connectivity index (χ3v) is 2.61. The average molecular weight is 310 g/mol. The van der Waals surface area contributed by atoms with Gasteiger partial charge in [-0.05, 0) is 27.2 Å². The zero-order valence-corrected chi connectivity index (χ0v) is 13.8. The van der Waals surface area contributed by atoms with Crippen molar-refractivity contribution in [2.75, 3.05) is 32.1 Å². The van der Waals surface area contributed by atoms with Crippen LogP contribution < -0.4 is 10.6 Å². The van der Waals surface area contributed by atoms with Crippen LogP contribution in [0, 0.1) is 0 Å². The Kier molecular flexibility index (Phi) is 7.59. The Balaban J connectivity index is 2.20. The Morgan fingerprint density at radius 1 is 1.27 bits per heavy atom. The van der Waals surface area contributed by atoms with Crippen molar-refractivity contribution in [2.24, 2.45) is 0 Å². The minimum absolute atomic E-state index is 0.392. The minimum atomic E-state index is -0.470. The Hall–Kier alpha value is -1.89. The van der Waals surface area contributed by atoms with Gasteiger partial charge < -0.3 is 20.1 Å². The standard InChI is InChI=1S/C15H26N4O3/c1-15(2,3)22-14(20)17-8-5-7-16-13-10-12(6-9-21-4)18-11-19-13/h10-11H,5-9H2,1-4H3,(H,17,20)(H,16,18,19). The highest BCUT2D eigenvalue weighted by molar-refractivity contribution is 5.67. The first-order valence-corrected chi connectivity index (χ1v) is 7.41. The van der Waals surface area contributed by atoms with E-state index in [2.05, 4.69) is 20.6 Å². The minimum Gasteiger partial charge on any atom is -0.444 e. The summed E-state index contributed by atoms with van der Waals surface area (Å²) in [5.41, 5.74) is 0.466. The third-order valence-electron chi connectivity index (χ3n) is 2.61. The lowest BCUT2D eigenvalue weighted by Gasteiger charge is -2.19. The summed E-state index contributed by atoms with van der Waals surface area (Å²) in [6.45, 7) is 7.40. The molecule has 0 aliphatic heterocycles. The van der Waals surface area contributed by atoms with Gasteiger partial charge in [-0.3, -0.25) is 0 Å². The SMILES string of the molecule is COCCc1cc(NCCCNC(=O)OC(C)(C)C)ncn1. The lowest BCUT2D eigenvalue weighted by atomic mass is 10.2. The summed E-state index contributed by atoms with van der Waals surface area (Å²) in [4.78, 5) is 19.8. The Morgan fingerprint density at radius 3 is 2.73 bits per heavy atom. The number of nitrogens with one attached hydrogen (secondary N) is 2. The van der Waals surface area contributed by atoms with Crippen LogP contribution in [0.25, 0.3) is 0 Å². The van der Waals surface area contributed by atoms with Gasteiger partial charge in [0.2, 0.25) is 0 Å². The summed E-state index contributed by atoms with van der Waals surface area (Å²) in [5, 5.41) is 5.91. The molecule has 1 heterocycles. The predicted octanol–water partition coefficient (Wildman–Crippen LogP) is 1.99. The molecule has 0 spiro atoms. The van der Waals surface area contributed by atoms with Crippen molar-refractivity contribution in [3.05, 3.63) is 18.1 Å². The fraction of sp³-hybridized carbons (Fsp3) is 0.667. The van der Waals surface area contributed by atoms with Crippen LogP contribution in [0.15, 0.2) is 12.4 Å². The van der Waals surface area contributed by atoms with E-state index in [1.165, 1.54) is 6.33 Å². The molecule has 0 atom stereocenters. The number of rotatable bonds is 8. The number of ether oxygens (including phenoxy) is 2. The molecule has 1 amide bonds. The van der Waals surface area contributed by atoms with E-state index >= 15 is 0 Å². The molecule has 1 aromatic rings. The summed E-state index contributed by atoms with van der Waals surface area (Å²) in [5.74, 6) is 0.776. The number of nitrogens with zero attached hydrogens (tertiary/aromatic N) is 2. The van der Waals surface area contributed by atoms with Gasteiger partial charge in [0.1, 0.15) is 17.7 Å². The van der Waals surface area contributed by atoms with Gasteiger partial charge in [0.25, 0.3) is 0 Å². The maximum Gasteiger partial charge on any atom is 0.407 e. The van der Waals surface area contributed by atoms with Crippen molar-refractivity contribution < 1.29 is 14.3 Å². The number of anilines is 1. The van der Waals surface area contributed by atoms with Crippen molar-refractivity contribution >= 4 is 11.9 Å². The van der Waals surface area contributed by atoms with Gasteiger partial charge in [-0.25, -0.2) is 14.8 Å². The molecule has 0 aliphatic carbocycles. The second-order valence-corrected chi connectivity index (χ2v) is 5.85. The van der Waals surface area contributed by atoms with Gasteiger partial charge in [-0.1, -0.05) is 0 Å². The molecule has 0 radical (unpaired) electrons. The first kappa shape index (κ1) is 18.2. The fourth-order valence-corrected chi connectivity index (χ4v) is 1.65. The van der Waals surface area contributed by atoms with Crippen LogP contribution in [-0.4, -0.2) is 48.5 Å². The fourth-order valence-electron chi connectivity index (χ4n) is 1.65. The molecular weight excluding hydrogens is 284 g/mol. The van der Waals surface area contributed by atoms with Crippen molar-refractivity contribution in [1.29, 1.82) is 0 Å². The second kappa shape index (κ2) is 9.19. The average Bonchev–Trinajstić information content (AvgIpc) is 2.43. The molecule has 124 valence electrons. The maximum absolute atomic E-state index is 11.5. The zero-order chi connectivity index (χ0) is 16.4. The van der Waals surface area contributed by atoms with E-state index in [1.807, 2.05) is 26.8 Å². The van der Waals surface area contributed by atoms with Crippen molar-refractivity contribution in [2.45, 2.75) is 39.2 Å². The first-order valence-electron chi connectivity index (χ1n) is 7.41. The van der Waals surface area contributed by atoms with E-state index in [1.54, 1.807) is 7.11 Å². The number of alkyl carbamates (subject to hydrolysis) is 1. The van der Waals surface area contributed by atoms with Crippen molar-refractivity contribution in [3.63, 3.8) is 0 Å². The van der Waals surface area contributed by atoms with Crippen LogP contribution >= 0.6 is 0 Å². The summed E-state index contributed by atoms with van der Waals surface area (Å²) in [6, 6.07) is 1.90. The molecular formula is C15H26N4O3. The molecule has 2 N–H and O–H groups in total. The van der Waals surface area contributed by atoms with Gasteiger partial charge in [-0.2, -0.15) is 0 Å². The van der Waals surface area contributed by atoms with Gasteiger partial charge in [0.15, 0.2) is 0 Å². The summed E-state index contributed by atoms with van der Waals surface area (Å²) >= 11 is 0. The van der Waals surface area contributed by atoms with Gasteiger partial charge in [0, 0.05) is 38.4 Å². The number of methoxy groups -OCH3 is 1. The topological polar surface area (TPSA) is 85.4 Å². The number of hydrogen-bond donors (Lipinski definition) is 2. The van der Waals surface area contributed by atoms with Crippen LogP contribution in [0.4, 0.5) is 10.6 Å². The quantitative estimate of drug-likeness (QED) is 0.714. The lowest BCUT2D eigenvalue weighted by molar-refractivity contribution is 0.0528. The van der Waals surface area contributed by atoms with Crippen LogP contribution in [0.2, 0.25) is 0 Å². The molecule has 0 aromatic carbocycles. The van der Waals surface area contributed by atoms with Crippen LogP contribution in [0.3, 0.4) is 0 Å². The molecule has 0 saturated carbocycles.